The van der Waals surface area contributed by atoms with Crippen LogP contribution < -0.4 is 0 Å². The van der Waals surface area contributed by atoms with E-state index in [2.05, 4.69) is 4.98 Å². The first-order valence-electron chi connectivity index (χ1n) is 10.5. The molecule has 0 radical (unpaired) electrons. The molecule has 0 fully saturated rings. The van der Waals surface area contributed by atoms with Crippen LogP contribution in [0.5, 0.6) is 0 Å². The third-order valence-corrected chi connectivity index (χ3v) is 5.55. The lowest BCUT2D eigenvalue weighted by atomic mass is 9.96. The monoisotopic (exact) mass is 506 g/mol. The van der Waals surface area contributed by atoms with Gasteiger partial charge in [0, 0.05) is 30.7 Å². The molecule has 0 aliphatic carbocycles. The second kappa shape index (κ2) is 9.25. The van der Waals surface area contributed by atoms with Gasteiger partial charge in [-0.2, -0.15) is 26.3 Å². The Morgan fingerprint density at radius 1 is 0.861 bits per heavy atom. The fraction of sp³-hybridized carbons (Fsp3) is 0.154. The number of carbonyl (C=O) groups excluding carboxylic acids is 1. The molecule has 0 bridgehead atoms. The van der Waals surface area contributed by atoms with E-state index < -0.39 is 41.7 Å². The highest BCUT2D eigenvalue weighted by Gasteiger charge is 2.37. The first-order chi connectivity index (χ1) is 16.8. The highest BCUT2D eigenvalue weighted by Crippen LogP contribution is 2.37. The molecule has 0 N–H and O–H groups in total. The van der Waals surface area contributed by atoms with Crippen molar-refractivity contribution in [2.24, 2.45) is 0 Å². The Bertz CT molecular complexity index is 1400. The minimum atomic E-state index is -5.01. The number of amides is 1. The Morgan fingerprint density at radius 3 is 2.03 bits per heavy atom. The third kappa shape index (κ3) is 5.17. The zero-order valence-corrected chi connectivity index (χ0v) is 18.6. The molecule has 1 amide bonds. The number of hydrogen-bond donors (Lipinski definition) is 0. The largest absolute Gasteiger partial charge is 0.416 e. The number of benzene rings is 3. The maximum atomic E-state index is 13.5. The lowest BCUT2D eigenvalue weighted by Gasteiger charge is -2.21. The molecule has 0 aliphatic rings. The van der Waals surface area contributed by atoms with E-state index in [4.69, 9.17) is 0 Å². The number of carbonyl (C=O) groups is 1. The topological polar surface area (TPSA) is 33.2 Å². The fourth-order valence-electron chi connectivity index (χ4n) is 3.87. The minimum Gasteiger partial charge on any atom is -0.336 e. The van der Waals surface area contributed by atoms with Gasteiger partial charge >= 0.3 is 12.4 Å². The van der Waals surface area contributed by atoms with Crippen molar-refractivity contribution in [3.05, 3.63) is 101 Å². The molecule has 186 valence electrons. The quantitative estimate of drug-likeness (QED) is 0.271. The van der Waals surface area contributed by atoms with E-state index in [-0.39, 0.29) is 17.3 Å². The van der Waals surface area contributed by atoms with Crippen LogP contribution in [0, 0.1) is 5.82 Å². The number of rotatable bonds is 4. The molecule has 1 heterocycles. The normalized spacial score (nSPS) is 12.1. The summed E-state index contributed by atoms with van der Waals surface area (Å²) in [6.07, 6.45) is -8.57. The first kappa shape index (κ1) is 25.2. The molecular weight excluding hydrogens is 489 g/mol. The van der Waals surface area contributed by atoms with Gasteiger partial charge in [0.1, 0.15) is 11.5 Å². The number of nitrogens with zero attached hydrogens (tertiary/aromatic N) is 2. The van der Waals surface area contributed by atoms with E-state index >= 15 is 0 Å². The summed E-state index contributed by atoms with van der Waals surface area (Å²) in [4.78, 5) is 18.6. The number of alkyl halides is 6. The standard InChI is InChI=1S/C26H17F7N2O/c1-35(14-15-10-18(25(28,29)30)12-19(11-15)26(31,32)33)24(36)23-22(16-6-8-20(27)9-7-16)21-5-3-2-4-17(21)13-34-23/h2-13H,14H2,1H3. The second-order valence-electron chi connectivity index (χ2n) is 8.15. The summed E-state index contributed by atoms with van der Waals surface area (Å²) in [6.45, 7) is -0.538. The van der Waals surface area contributed by atoms with Gasteiger partial charge in [0.2, 0.25) is 0 Å². The maximum Gasteiger partial charge on any atom is 0.416 e. The van der Waals surface area contributed by atoms with Gasteiger partial charge in [-0.25, -0.2) is 9.37 Å². The van der Waals surface area contributed by atoms with E-state index in [0.29, 0.717) is 34.0 Å². The Hall–Kier alpha value is -3.95. The summed E-state index contributed by atoms with van der Waals surface area (Å²) >= 11 is 0. The first-order valence-corrected chi connectivity index (χ1v) is 10.5. The highest BCUT2D eigenvalue weighted by atomic mass is 19.4. The Kier molecular flexibility index (Phi) is 6.46. The Balaban J connectivity index is 1.77. The molecule has 0 saturated heterocycles. The van der Waals surface area contributed by atoms with Crippen LogP contribution in [0.4, 0.5) is 30.7 Å². The van der Waals surface area contributed by atoms with E-state index in [1.807, 2.05) is 0 Å². The molecule has 0 unspecified atom stereocenters. The summed E-state index contributed by atoms with van der Waals surface area (Å²) < 4.78 is 92.9. The number of fused-ring (bicyclic) bond motifs is 1. The van der Waals surface area contributed by atoms with Crippen LogP contribution in [0.25, 0.3) is 21.9 Å². The zero-order chi connectivity index (χ0) is 26.3. The molecule has 1 aromatic heterocycles. The van der Waals surface area contributed by atoms with Crippen molar-refractivity contribution in [3.8, 4) is 11.1 Å². The van der Waals surface area contributed by atoms with E-state index in [1.165, 1.54) is 37.5 Å². The van der Waals surface area contributed by atoms with Crippen LogP contribution in [0.1, 0.15) is 27.2 Å². The average Bonchev–Trinajstić information content (AvgIpc) is 2.82. The van der Waals surface area contributed by atoms with Crippen molar-refractivity contribution < 1.29 is 35.5 Å². The molecule has 3 nitrogen and oxygen atoms in total. The third-order valence-electron chi connectivity index (χ3n) is 5.55. The van der Waals surface area contributed by atoms with Crippen LogP contribution in [0.15, 0.2) is 72.9 Å². The van der Waals surface area contributed by atoms with Crippen molar-refractivity contribution in [3.63, 3.8) is 0 Å². The highest BCUT2D eigenvalue weighted by molar-refractivity contribution is 6.08. The number of pyridine rings is 1. The predicted octanol–water partition coefficient (Wildman–Crippen LogP) is 7.35. The van der Waals surface area contributed by atoms with Crippen molar-refractivity contribution in [1.82, 2.24) is 9.88 Å². The van der Waals surface area contributed by atoms with Crippen molar-refractivity contribution in [1.29, 1.82) is 0 Å². The van der Waals surface area contributed by atoms with E-state index in [0.717, 1.165) is 4.90 Å². The second-order valence-corrected chi connectivity index (χ2v) is 8.15. The summed E-state index contributed by atoms with van der Waals surface area (Å²) in [7, 11) is 1.25. The molecular formula is C26H17F7N2O. The van der Waals surface area contributed by atoms with Crippen LogP contribution in [0.2, 0.25) is 0 Å². The maximum absolute atomic E-state index is 13.5. The summed E-state index contributed by atoms with van der Waals surface area (Å²) in [6, 6.07) is 13.5. The van der Waals surface area contributed by atoms with Gasteiger partial charge in [-0.15, -0.1) is 0 Å². The van der Waals surface area contributed by atoms with Crippen LogP contribution in [0.3, 0.4) is 0 Å². The Labute approximate surface area is 200 Å². The molecule has 0 aliphatic heterocycles. The molecule has 36 heavy (non-hydrogen) atoms. The van der Waals surface area contributed by atoms with Gasteiger partial charge in [-0.3, -0.25) is 4.79 Å². The summed E-state index contributed by atoms with van der Waals surface area (Å²) in [5, 5.41) is 1.30. The van der Waals surface area contributed by atoms with Crippen LogP contribution in [-0.4, -0.2) is 22.8 Å². The molecule has 0 spiro atoms. The molecule has 4 rings (SSSR count). The fourth-order valence-corrected chi connectivity index (χ4v) is 3.87. The molecule has 4 aromatic rings. The number of halogens is 7. The number of hydrogen-bond acceptors (Lipinski definition) is 2. The molecule has 3 aromatic carbocycles. The SMILES string of the molecule is CN(Cc1cc(C(F)(F)F)cc(C(F)(F)F)c1)C(=O)c1ncc2ccccc2c1-c1ccc(F)cc1. The van der Waals surface area contributed by atoms with Gasteiger partial charge in [-0.05, 0) is 46.8 Å². The van der Waals surface area contributed by atoms with Crippen LogP contribution in [-0.2, 0) is 18.9 Å². The van der Waals surface area contributed by atoms with Crippen molar-refractivity contribution in [2.45, 2.75) is 18.9 Å². The van der Waals surface area contributed by atoms with Crippen molar-refractivity contribution in [2.75, 3.05) is 7.05 Å². The predicted molar refractivity (Wildman–Crippen MR) is 119 cm³/mol. The minimum absolute atomic E-state index is 0.0306. The molecule has 10 heteroatoms. The molecule has 0 saturated carbocycles. The Morgan fingerprint density at radius 2 is 1.44 bits per heavy atom. The zero-order valence-electron chi connectivity index (χ0n) is 18.6. The van der Waals surface area contributed by atoms with Gasteiger partial charge in [0.15, 0.2) is 0 Å². The lowest BCUT2D eigenvalue weighted by Crippen LogP contribution is -2.28. The smallest absolute Gasteiger partial charge is 0.336 e. The van der Waals surface area contributed by atoms with Gasteiger partial charge in [0.05, 0.1) is 11.1 Å². The number of aromatic nitrogens is 1. The summed E-state index contributed by atoms with van der Waals surface area (Å²) in [5.41, 5.74) is -2.53. The molecule has 0 atom stereocenters. The van der Waals surface area contributed by atoms with Crippen molar-refractivity contribution >= 4 is 16.7 Å². The van der Waals surface area contributed by atoms with E-state index in [9.17, 15) is 35.5 Å². The van der Waals surface area contributed by atoms with Gasteiger partial charge in [0.25, 0.3) is 5.91 Å². The van der Waals surface area contributed by atoms with Gasteiger partial charge in [-0.1, -0.05) is 36.4 Å². The average molecular weight is 506 g/mol. The summed E-state index contributed by atoms with van der Waals surface area (Å²) in [5.74, 6) is -1.23. The lowest BCUT2D eigenvalue weighted by molar-refractivity contribution is -0.143. The van der Waals surface area contributed by atoms with Gasteiger partial charge < -0.3 is 4.90 Å². The van der Waals surface area contributed by atoms with Crippen LogP contribution >= 0.6 is 0 Å². The van der Waals surface area contributed by atoms with E-state index in [1.54, 1.807) is 24.3 Å².